The molecule has 3 aromatic rings. The fourth-order valence-corrected chi connectivity index (χ4v) is 5.78. The highest BCUT2D eigenvalue weighted by molar-refractivity contribution is 5.94. The first-order valence-electron chi connectivity index (χ1n) is 15.1. The van der Waals surface area contributed by atoms with Gasteiger partial charge in [-0.25, -0.2) is 0 Å². The first-order chi connectivity index (χ1) is 21.0. The molecule has 44 heavy (non-hydrogen) atoms. The van der Waals surface area contributed by atoms with Crippen LogP contribution in [0.3, 0.4) is 0 Å². The average Bonchev–Trinajstić information content (AvgIpc) is 3.65. The molecule has 0 atom stereocenters. The van der Waals surface area contributed by atoms with Gasteiger partial charge in [0.05, 0.1) is 53.4 Å². The average molecular weight is 606 g/mol. The first kappa shape index (κ1) is 31.2. The molecule has 2 saturated heterocycles. The Hall–Kier alpha value is -4.22. The van der Waals surface area contributed by atoms with Gasteiger partial charge in [-0.3, -0.25) is 14.7 Å². The van der Waals surface area contributed by atoms with E-state index < -0.39 is 18.1 Å². The van der Waals surface area contributed by atoms with E-state index in [4.69, 9.17) is 0 Å². The molecule has 0 saturated carbocycles. The Bertz CT molecular complexity index is 1560. The molecule has 4 heterocycles. The smallest absolute Gasteiger partial charge is 0.382 e. The summed E-state index contributed by atoms with van der Waals surface area (Å²) in [7, 11) is 0. The fourth-order valence-electron chi connectivity index (χ4n) is 5.78. The Morgan fingerprint density at radius 3 is 2.50 bits per heavy atom. The molecular weight excluding hydrogens is 567 g/mol. The van der Waals surface area contributed by atoms with Gasteiger partial charge in [0.25, 0.3) is 0 Å². The molecule has 1 aromatic carbocycles. The number of halogens is 3. The minimum atomic E-state index is -4.41. The van der Waals surface area contributed by atoms with Crippen LogP contribution in [-0.2, 0) is 16.8 Å². The summed E-state index contributed by atoms with van der Waals surface area (Å²) in [5.41, 5.74) is 2.18. The van der Waals surface area contributed by atoms with Crippen LogP contribution in [0.5, 0.6) is 0 Å². The number of carbonyl (C=O) groups is 1. The van der Waals surface area contributed by atoms with Gasteiger partial charge in [0.1, 0.15) is 6.54 Å². The van der Waals surface area contributed by atoms with Crippen molar-refractivity contribution in [1.29, 1.82) is 5.26 Å². The van der Waals surface area contributed by atoms with E-state index in [0.717, 1.165) is 57.5 Å². The van der Waals surface area contributed by atoms with Crippen LogP contribution in [0.2, 0.25) is 0 Å². The van der Waals surface area contributed by atoms with Gasteiger partial charge in [-0.05, 0) is 75.8 Å². The summed E-state index contributed by atoms with van der Waals surface area (Å²) in [4.78, 5) is 21.0. The summed E-state index contributed by atoms with van der Waals surface area (Å²) in [6, 6.07) is 13.0. The molecule has 11 heteroatoms. The molecule has 2 aliphatic heterocycles. The van der Waals surface area contributed by atoms with Crippen molar-refractivity contribution in [2.45, 2.75) is 63.7 Å². The number of nitrogens with zero attached hydrogens (tertiary/aromatic N) is 5. The molecule has 2 aliphatic rings. The van der Waals surface area contributed by atoms with E-state index >= 15 is 0 Å². The molecule has 0 aliphatic carbocycles. The highest BCUT2D eigenvalue weighted by atomic mass is 19.4. The first-order valence-corrected chi connectivity index (χ1v) is 15.1. The van der Waals surface area contributed by atoms with Gasteiger partial charge in [0, 0.05) is 43.3 Å². The largest absolute Gasteiger partial charge is 0.406 e. The molecule has 0 unspecified atom stereocenters. The number of carbonyl (C=O) groups excluding carboxylic acids is 1. The second-order valence-electron chi connectivity index (χ2n) is 12.1. The second-order valence-corrected chi connectivity index (χ2v) is 12.1. The van der Waals surface area contributed by atoms with E-state index in [-0.39, 0.29) is 24.2 Å². The van der Waals surface area contributed by atoms with Gasteiger partial charge in [-0.15, -0.1) is 0 Å². The monoisotopic (exact) mass is 605 g/mol. The quantitative estimate of drug-likeness (QED) is 0.336. The zero-order valence-electron chi connectivity index (χ0n) is 25.2. The number of aromatic nitrogens is 2. The Morgan fingerprint density at radius 2 is 1.84 bits per heavy atom. The number of piperidine rings is 1. The lowest BCUT2D eigenvalue weighted by Gasteiger charge is -2.33. The number of alkyl halides is 3. The second kappa shape index (κ2) is 13.2. The van der Waals surface area contributed by atoms with Crippen molar-refractivity contribution in [3.8, 4) is 17.9 Å². The molecule has 1 amide bonds. The standard InChI is InChI=1S/C33H38F3N7O/c1-32(2,22-37)30-11-10-25(20-39-30)38-14-6-7-26-19-27-28(8-5-9-29(27)43(26)23-33(34,35)36)40-24-12-17-41(18-13-24)21-31(44)42-15-3-4-16-42/h5,8-11,19-20,24,38,40H,3-4,12-18,21,23H2,1-2H3. The van der Waals surface area contributed by atoms with Crippen molar-refractivity contribution in [2.75, 3.05) is 49.9 Å². The van der Waals surface area contributed by atoms with E-state index in [1.54, 1.807) is 50.4 Å². The Balaban J connectivity index is 1.26. The molecule has 8 nitrogen and oxygen atoms in total. The van der Waals surface area contributed by atoms with Crippen LogP contribution < -0.4 is 10.6 Å². The number of pyridine rings is 1. The topological polar surface area (TPSA) is 89.2 Å². The fraction of sp³-hybridized carbons (Fsp3) is 0.485. The molecule has 232 valence electrons. The zero-order valence-corrected chi connectivity index (χ0v) is 25.2. The number of hydrogen-bond acceptors (Lipinski definition) is 6. The summed E-state index contributed by atoms with van der Waals surface area (Å²) < 4.78 is 42.1. The van der Waals surface area contributed by atoms with Gasteiger partial charge in [0.15, 0.2) is 0 Å². The molecule has 2 aromatic heterocycles. The maximum Gasteiger partial charge on any atom is 0.406 e. The van der Waals surface area contributed by atoms with Crippen LogP contribution in [0.15, 0.2) is 42.6 Å². The van der Waals surface area contributed by atoms with Crippen molar-refractivity contribution in [1.82, 2.24) is 19.4 Å². The van der Waals surface area contributed by atoms with Crippen molar-refractivity contribution >= 4 is 28.2 Å². The SMILES string of the molecule is CC(C)(C#N)c1ccc(NCC#Cc2cc3c(NC4CCN(CC(=O)N5CCCC5)CC4)cccc3n2CC(F)(F)F)cn1. The number of hydrogen-bond donors (Lipinski definition) is 2. The minimum absolute atomic E-state index is 0.155. The van der Waals surface area contributed by atoms with Crippen LogP contribution in [0.4, 0.5) is 24.5 Å². The maximum absolute atomic E-state index is 13.6. The van der Waals surface area contributed by atoms with Crippen LogP contribution in [-0.4, -0.2) is 76.7 Å². The van der Waals surface area contributed by atoms with Crippen molar-refractivity contribution < 1.29 is 18.0 Å². The third-order valence-electron chi connectivity index (χ3n) is 8.33. The number of nitriles is 1. The van der Waals surface area contributed by atoms with Crippen LogP contribution in [0, 0.1) is 23.2 Å². The number of anilines is 2. The molecule has 2 N–H and O–H groups in total. The minimum Gasteiger partial charge on any atom is -0.382 e. The number of amides is 1. The van der Waals surface area contributed by atoms with Gasteiger partial charge < -0.3 is 20.1 Å². The summed E-state index contributed by atoms with van der Waals surface area (Å²) in [6.45, 7) is 6.38. The predicted octanol–water partition coefficient (Wildman–Crippen LogP) is 5.36. The van der Waals surface area contributed by atoms with Crippen molar-refractivity contribution in [2.24, 2.45) is 0 Å². The van der Waals surface area contributed by atoms with Gasteiger partial charge in [-0.2, -0.15) is 18.4 Å². The van der Waals surface area contributed by atoms with Crippen LogP contribution >= 0.6 is 0 Å². The summed E-state index contributed by atoms with van der Waals surface area (Å²) >= 11 is 0. The lowest BCUT2D eigenvalue weighted by atomic mass is 9.91. The third-order valence-corrected chi connectivity index (χ3v) is 8.33. The zero-order chi connectivity index (χ0) is 31.3. The van der Waals surface area contributed by atoms with Crippen molar-refractivity contribution in [3.05, 3.63) is 54.0 Å². The number of rotatable bonds is 8. The number of fused-ring (bicyclic) bond motifs is 1. The van der Waals surface area contributed by atoms with Crippen LogP contribution in [0.25, 0.3) is 10.9 Å². The van der Waals surface area contributed by atoms with Gasteiger partial charge in [0.2, 0.25) is 5.91 Å². The van der Waals surface area contributed by atoms with E-state index in [2.05, 4.69) is 38.4 Å². The molecule has 0 radical (unpaired) electrons. The maximum atomic E-state index is 13.6. The van der Waals surface area contributed by atoms with Gasteiger partial charge in [-0.1, -0.05) is 12.0 Å². The molecule has 5 rings (SSSR count). The Labute approximate surface area is 256 Å². The lowest BCUT2D eigenvalue weighted by molar-refractivity contribution is -0.140. The number of likely N-dealkylation sites (tertiary alicyclic amines) is 2. The molecule has 0 spiro atoms. The predicted molar refractivity (Wildman–Crippen MR) is 165 cm³/mol. The highest BCUT2D eigenvalue weighted by Gasteiger charge is 2.30. The normalized spacial score (nSPS) is 16.4. The highest BCUT2D eigenvalue weighted by Crippen LogP contribution is 2.31. The van der Waals surface area contributed by atoms with Crippen LogP contribution in [0.1, 0.15) is 50.9 Å². The van der Waals surface area contributed by atoms with E-state index in [0.29, 0.717) is 28.8 Å². The number of benzene rings is 1. The molecule has 0 bridgehead atoms. The third kappa shape index (κ3) is 7.64. The number of nitrogens with one attached hydrogen (secondary N) is 2. The summed E-state index contributed by atoms with van der Waals surface area (Å²) in [5.74, 6) is 6.08. The molecular formula is C33H38F3N7O. The van der Waals surface area contributed by atoms with Gasteiger partial charge >= 0.3 is 6.18 Å². The van der Waals surface area contributed by atoms with E-state index in [9.17, 15) is 23.2 Å². The Kier molecular flexibility index (Phi) is 9.36. The summed E-state index contributed by atoms with van der Waals surface area (Å²) in [6.07, 6.45) is 1.05. The lowest BCUT2D eigenvalue weighted by Crippen LogP contribution is -2.44. The van der Waals surface area contributed by atoms with E-state index in [1.165, 1.54) is 4.57 Å². The van der Waals surface area contributed by atoms with E-state index in [1.807, 2.05) is 11.0 Å². The molecule has 2 fully saturated rings. The Morgan fingerprint density at radius 1 is 1.09 bits per heavy atom. The van der Waals surface area contributed by atoms with Crippen molar-refractivity contribution in [3.63, 3.8) is 0 Å². The summed E-state index contributed by atoms with van der Waals surface area (Å²) in [5, 5.41) is 16.7.